The summed E-state index contributed by atoms with van der Waals surface area (Å²) in [5, 5.41) is 31.7. The second kappa shape index (κ2) is 19.8. The van der Waals surface area contributed by atoms with Crippen LogP contribution in [0.2, 0.25) is 0 Å². The molecule has 0 spiro atoms. The van der Waals surface area contributed by atoms with E-state index in [0.29, 0.717) is 6.54 Å². The van der Waals surface area contributed by atoms with Crippen molar-refractivity contribution in [3.05, 3.63) is 22.7 Å². The van der Waals surface area contributed by atoms with Gasteiger partial charge in [0.25, 0.3) is 0 Å². The van der Waals surface area contributed by atoms with Gasteiger partial charge in [0, 0.05) is 18.8 Å². The first-order valence-corrected chi connectivity index (χ1v) is 14.9. The Kier molecular flexibility index (Phi) is 16.7. The number of nitrogens with zero attached hydrogens (tertiary/aromatic N) is 2. The summed E-state index contributed by atoms with van der Waals surface area (Å²) in [7, 11) is 0. The van der Waals surface area contributed by atoms with Gasteiger partial charge in [0.05, 0.1) is 6.61 Å². The molecule has 0 aliphatic carbocycles. The van der Waals surface area contributed by atoms with Gasteiger partial charge in [0.2, 0.25) is 0 Å². The minimum absolute atomic E-state index is 0.000511. The molecule has 1 aliphatic heterocycles. The number of rotatable bonds is 21. The van der Waals surface area contributed by atoms with Crippen LogP contribution in [0.3, 0.4) is 0 Å². The molecule has 2 rings (SSSR count). The molecular weight excluding hydrogens is 504 g/mol. The molecule has 11 nitrogen and oxygen atoms in total. The van der Waals surface area contributed by atoms with Crippen LogP contribution in [-0.4, -0.2) is 62.4 Å². The standard InChI is InChI=1S/C28H50N4O7/c1-2-3-4-5-6-7-8-9-10-11-12-13-14-15-16-17-19-29-28(37)39-31-23-18-20-32(27(36)30-23)26-25(35)24(34)22(21-33)38-26/h18,20,22,24-26,33-35H,2-17,19,21H2,1H3,(H,29,37)(H,30,31,36)/t22-,24+,25?,26-/m1/s1. The van der Waals surface area contributed by atoms with Crippen molar-refractivity contribution in [1.29, 1.82) is 0 Å². The van der Waals surface area contributed by atoms with Crippen molar-refractivity contribution in [3.8, 4) is 0 Å². The van der Waals surface area contributed by atoms with Gasteiger partial charge in [-0.2, -0.15) is 10.5 Å². The molecule has 0 bridgehead atoms. The molecule has 5 N–H and O–H groups in total. The number of carbonyl (C=O) groups excluding carboxylic acids is 1. The van der Waals surface area contributed by atoms with Gasteiger partial charge >= 0.3 is 11.8 Å². The number of carbonyl (C=O) groups is 1. The SMILES string of the molecule is CCCCCCCCCCCCCCCCCCNC(=O)ONc1ccn([C@@H]2O[C@H](CO)[C@H](O)C2O)c(=O)n1. The molecule has 39 heavy (non-hydrogen) atoms. The average molecular weight is 555 g/mol. The summed E-state index contributed by atoms with van der Waals surface area (Å²) < 4.78 is 6.31. The number of ether oxygens (including phenoxy) is 1. The molecule has 1 aliphatic rings. The van der Waals surface area contributed by atoms with Crippen LogP contribution in [0.5, 0.6) is 0 Å². The van der Waals surface area contributed by atoms with E-state index in [1.54, 1.807) is 0 Å². The predicted octanol–water partition coefficient (Wildman–Crippen LogP) is 4.17. The third kappa shape index (κ3) is 12.7. The maximum absolute atomic E-state index is 12.3. The summed E-state index contributed by atoms with van der Waals surface area (Å²) in [6.45, 7) is 2.26. The van der Waals surface area contributed by atoms with E-state index < -0.39 is 42.9 Å². The minimum Gasteiger partial charge on any atom is -0.394 e. The van der Waals surface area contributed by atoms with Gasteiger partial charge in [0.1, 0.15) is 18.3 Å². The Hall–Kier alpha value is -2.21. The number of nitrogens with one attached hydrogen (secondary N) is 2. The van der Waals surface area contributed by atoms with E-state index in [1.807, 2.05) is 0 Å². The highest BCUT2D eigenvalue weighted by Gasteiger charge is 2.43. The van der Waals surface area contributed by atoms with Gasteiger partial charge in [-0.3, -0.25) is 4.57 Å². The first kappa shape index (κ1) is 33.0. The highest BCUT2D eigenvalue weighted by Crippen LogP contribution is 2.28. The lowest BCUT2D eigenvalue weighted by Gasteiger charge is -2.17. The second-order valence-corrected chi connectivity index (χ2v) is 10.5. The molecule has 224 valence electrons. The summed E-state index contributed by atoms with van der Waals surface area (Å²) in [5.74, 6) is 0.000511. The Morgan fingerprint density at radius 3 is 1.95 bits per heavy atom. The van der Waals surface area contributed by atoms with Crippen LogP contribution in [0.15, 0.2) is 17.1 Å². The number of aliphatic hydroxyl groups excluding tert-OH is 3. The van der Waals surface area contributed by atoms with Gasteiger partial charge in [-0.05, 0) is 6.42 Å². The molecular formula is C28H50N4O7. The molecule has 1 saturated heterocycles. The molecule has 0 aromatic carbocycles. The zero-order valence-corrected chi connectivity index (χ0v) is 23.6. The number of amides is 1. The molecule has 4 atom stereocenters. The van der Waals surface area contributed by atoms with Crippen molar-refractivity contribution in [2.75, 3.05) is 18.6 Å². The fourth-order valence-corrected chi connectivity index (χ4v) is 4.77. The van der Waals surface area contributed by atoms with Crippen molar-refractivity contribution >= 4 is 11.9 Å². The average Bonchev–Trinajstić information content (AvgIpc) is 3.22. The number of unbranched alkanes of at least 4 members (excludes halogenated alkanes) is 15. The molecule has 1 aromatic rings. The van der Waals surface area contributed by atoms with Crippen LogP contribution in [0.4, 0.5) is 10.6 Å². The van der Waals surface area contributed by atoms with Crippen molar-refractivity contribution in [1.82, 2.24) is 14.9 Å². The predicted molar refractivity (Wildman–Crippen MR) is 149 cm³/mol. The molecule has 1 aromatic heterocycles. The van der Waals surface area contributed by atoms with Gasteiger partial charge in [0.15, 0.2) is 12.0 Å². The van der Waals surface area contributed by atoms with E-state index in [-0.39, 0.29) is 5.82 Å². The fourth-order valence-electron chi connectivity index (χ4n) is 4.77. The highest BCUT2D eigenvalue weighted by molar-refractivity contribution is 5.67. The third-order valence-electron chi connectivity index (χ3n) is 7.17. The van der Waals surface area contributed by atoms with E-state index in [0.717, 1.165) is 23.8 Å². The Balaban J connectivity index is 1.45. The van der Waals surface area contributed by atoms with E-state index >= 15 is 0 Å². The number of hydrogen-bond donors (Lipinski definition) is 5. The lowest BCUT2D eigenvalue weighted by molar-refractivity contribution is -0.0549. The smallest absolute Gasteiger partial charge is 0.394 e. The molecule has 2 heterocycles. The summed E-state index contributed by atoms with van der Waals surface area (Å²) in [4.78, 5) is 32.8. The Labute approximate surface area is 232 Å². The quantitative estimate of drug-likeness (QED) is 0.111. The van der Waals surface area contributed by atoms with Gasteiger partial charge in [-0.1, -0.05) is 103 Å². The van der Waals surface area contributed by atoms with Gasteiger partial charge in [-0.15, -0.1) is 0 Å². The normalized spacial score (nSPS) is 20.7. The van der Waals surface area contributed by atoms with Crippen molar-refractivity contribution in [3.63, 3.8) is 0 Å². The minimum atomic E-state index is -1.40. The zero-order chi connectivity index (χ0) is 28.3. The second-order valence-electron chi connectivity index (χ2n) is 10.5. The van der Waals surface area contributed by atoms with Crippen LogP contribution in [0, 0.1) is 0 Å². The number of aliphatic hydroxyl groups is 3. The zero-order valence-electron chi connectivity index (χ0n) is 23.6. The maximum Gasteiger partial charge on any atom is 0.431 e. The van der Waals surface area contributed by atoms with E-state index in [4.69, 9.17) is 9.57 Å². The number of anilines is 1. The highest BCUT2D eigenvalue weighted by atomic mass is 16.7. The van der Waals surface area contributed by atoms with Crippen molar-refractivity contribution < 1.29 is 29.7 Å². The molecule has 11 heteroatoms. The van der Waals surface area contributed by atoms with Crippen molar-refractivity contribution in [2.45, 2.75) is 134 Å². The lowest BCUT2D eigenvalue weighted by atomic mass is 10.0. The van der Waals surface area contributed by atoms with Crippen molar-refractivity contribution in [2.24, 2.45) is 0 Å². The van der Waals surface area contributed by atoms with Crippen LogP contribution in [0.25, 0.3) is 0 Å². The Morgan fingerprint density at radius 1 is 0.923 bits per heavy atom. The Morgan fingerprint density at radius 2 is 1.46 bits per heavy atom. The topological polar surface area (TPSA) is 155 Å². The molecule has 1 unspecified atom stereocenters. The van der Waals surface area contributed by atoms with Gasteiger partial charge in [-0.25, -0.2) is 9.59 Å². The molecule has 1 amide bonds. The largest absolute Gasteiger partial charge is 0.431 e. The van der Waals surface area contributed by atoms with Crippen LogP contribution < -0.4 is 16.5 Å². The summed E-state index contributed by atoms with van der Waals surface area (Å²) >= 11 is 0. The van der Waals surface area contributed by atoms with E-state index in [9.17, 15) is 24.9 Å². The Bertz CT molecular complexity index is 853. The van der Waals surface area contributed by atoms with Gasteiger partial charge < -0.3 is 30.2 Å². The first-order valence-electron chi connectivity index (χ1n) is 14.9. The summed E-state index contributed by atoms with van der Waals surface area (Å²) in [6.07, 6.45) is 16.3. The first-order chi connectivity index (χ1) is 19.0. The monoisotopic (exact) mass is 554 g/mol. The molecule has 0 saturated carbocycles. The third-order valence-corrected chi connectivity index (χ3v) is 7.17. The lowest BCUT2D eigenvalue weighted by Crippen LogP contribution is -2.36. The van der Waals surface area contributed by atoms with E-state index in [1.165, 1.54) is 95.7 Å². The van der Waals surface area contributed by atoms with Crippen LogP contribution in [0.1, 0.15) is 116 Å². The molecule has 0 radical (unpaired) electrons. The summed E-state index contributed by atoms with van der Waals surface area (Å²) in [6, 6.07) is 1.36. The number of aromatic nitrogens is 2. The van der Waals surface area contributed by atoms with Crippen LogP contribution in [-0.2, 0) is 9.57 Å². The summed E-state index contributed by atoms with van der Waals surface area (Å²) in [5.41, 5.74) is 1.54. The fraction of sp³-hybridized carbons (Fsp3) is 0.821. The molecule has 1 fully saturated rings. The maximum atomic E-state index is 12.3. The number of hydrogen-bond acceptors (Lipinski definition) is 9. The van der Waals surface area contributed by atoms with Crippen LogP contribution >= 0.6 is 0 Å². The van der Waals surface area contributed by atoms with E-state index in [2.05, 4.69) is 22.7 Å².